The van der Waals surface area contributed by atoms with Crippen LogP contribution in [-0.4, -0.2) is 37.1 Å². The van der Waals surface area contributed by atoms with Crippen LogP contribution in [0.1, 0.15) is 0 Å². The fourth-order valence-corrected chi connectivity index (χ4v) is 2.89. The van der Waals surface area contributed by atoms with E-state index in [1.807, 2.05) is 29.2 Å². The van der Waals surface area contributed by atoms with E-state index in [1.54, 1.807) is 4.90 Å². The number of carbonyl (C=O) groups is 1. The predicted octanol–water partition coefficient (Wildman–Crippen LogP) is 4.08. The molecule has 24 heavy (non-hydrogen) atoms. The Hall–Kier alpha value is -2.15. The molecule has 1 heterocycles. The Kier molecular flexibility index (Phi) is 4.99. The Balaban J connectivity index is 1.58. The first-order valence-electron chi connectivity index (χ1n) is 7.54. The number of carbonyl (C=O) groups excluding carboxylic acids is 1. The van der Waals surface area contributed by atoms with Gasteiger partial charge in [0.1, 0.15) is 11.6 Å². The molecular weight excluding hydrogens is 380 g/mol. The van der Waals surface area contributed by atoms with Gasteiger partial charge in [-0.2, -0.15) is 0 Å². The van der Waals surface area contributed by atoms with Crippen LogP contribution in [0.15, 0.2) is 46.9 Å². The molecule has 0 aliphatic carbocycles. The normalized spacial score (nSPS) is 14.6. The van der Waals surface area contributed by atoms with Crippen molar-refractivity contribution in [2.75, 3.05) is 36.4 Å². The maximum Gasteiger partial charge on any atom is 0.321 e. The van der Waals surface area contributed by atoms with Gasteiger partial charge in [-0.15, -0.1) is 0 Å². The van der Waals surface area contributed by atoms with Crippen LogP contribution in [0.25, 0.3) is 0 Å². The summed E-state index contributed by atoms with van der Waals surface area (Å²) in [5, 5.41) is 2.84. The smallest absolute Gasteiger partial charge is 0.321 e. The second kappa shape index (κ2) is 7.17. The molecule has 4 nitrogen and oxygen atoms in total. The lowest BCUT2D eigenvalue weighted by molar-refractivity contribution is 0.208. The summed E-state index contributed by atoms with van der Waals surface area (Å²) in [6, 6.07) is 10.7. The van der Waals surface area contributed by atoms with Crippen molar-refractivity contribution in [3.05, 3.63) is 58.6 Å². The first kappa shape index (κ1) is 16.7. The van der Waals surface area contributed by atoms with Crippen molar-refractivity contribution in [2.24, 2.45) is 0 Å². The van der Waals surface area contributed by atoms with Crippen molar-refractivity contribution >= 4 is 33.3 Å². The first-order valence-corrected chi connectivity index (χ1v) is 8.34. The van der Waals surface area contributed by atoms with Gasteiger partial charge in [0.15, 0.2) is 0 Å². The standard InChI is InChI=1S/C17H16BrF2N3O/c18-12-1-4-14(5-2-12)21-17(24)23-9-7-22(8-10-23)16-6-3-13(19)11-15(16)20/h1-6,11H,7-10H2,(H,21,24). The molecule has 0 spiro atoms. The predicted molar refractivity (Wildman–Crippen MR) is 93.3 cm³/mol. The van der Waals surface area contributed by atoms with E-state index in [0.717, 1.165) is 16.2 Å². The highest BCUT2D eigenvalue weighted by Crippen LogP contribution is 2.22. The zero-order valence-corrected chi connectivity index (χ0v) is 14.4. The number of nitrogens with one attached hydrogen (secondary N) is 1. The molecule has 1 N–H and O–H groups in total. The van der Waals surface area contributed by atoms with E-state index in [2.05, 4.69) is 21.2 Å². The summed E-state index contributed by atoms with van der Waals surface area (Å²) in [6.07, 6.45) is 0. The maximum atomic E-state index is 13.8. The lowest BCUT2D eigenvalue weighted by Gasteiger charge is -2.36. The summed E-state index contributed by atoms with van der Waals surface area (Å²) in [6.45, 7) is 1.94. The third kappa shape index (κ3) is 3.84. The fourth-order valence-electron chi connectivity index (χ4n) is 2.62. The number of anilines is 2. The highest BCUT2D eigenvalue weighted by Gasteiger charge is 2.23. The Morgan fingerprint density at radius 3 is 2.29 bits per heavy atom. The van der Waals surface area contributed by atoms with Gasteiger partial charge in [-0.05, 0) is 36.4 Å². The minimum Gasteiger partial charge on any atom is -0.366 e. The monoisotopic (exact) mass is 395 g/mol. The largest absolute Gasteiger partial charge is 0.366 e. The molecule has 126 valence electrons. The Labute approximate surface area is 147 Å². The van der Waals surface area contributed by atoms with Crippen LogP contribution in [0.5, 0.6) is 0 Å². The maximum absolute atomic E-state index is 13.8. The minimum atomic E-state index is -0.594. The van der Waals surface area contributed by atoms with Gasteiger partial charge in [-0.3, -0.25) is 0 Å². The van der Waals surface area contributed by atoms with Crippen LogP contribution in [0, 0.1) is 11.6 Å². The van der Waals surface area contributed by atoms with Gasteiger partial charge >= 0.3 is 6.03 Å². The quantitative estimate of drug-likeness (QED) is 0.831. The van der Waals surface area contributed by atoms with Crippen LogP contribution in [0.4, 0.5) is 25.0 Å². The topological polar surface area (TPSA) is 35.6 Å². The van der Waals surface area contributed by atoms with Crippen LogP contribution in [0.3, 0.4) is 0 Å². The number of hydrogen-bond donors (Lipinski definition) is 1. The number of nitrogens with zero attached hydrogens (tertiary/aromatic N) is 2. The van der Waals surface area contributed by atoms with Gasteiger partial charge in [0, 0.05) is 42.4 Å². The number of benzene rings is 2. The molecule has 3 rings (SSSR count). The molecular formula is C17H16BrF2N3O. The Morgan fingerprint density at radius 1 is 1.00 bits per heavy atom. The van der Waals surface area contributed by atoms with Gasteiger partial charge < -0.3 is 15.1 Å². The summed E-state index contributed by atoms with van der Waals surface area (Å²) in [5.41, 5.74) is 1.08. The van der Waals surface area contributed by atoms with Crippen molar-refractivity contribution in [3.63, 3.8) is 0 Å². The number of piperazine rings is 1. The Morgan fingerprint density at radius 2 is 1.67 bits per heavy atom. The lowest BCUT2D eigenvalue weighted by Crippen LogP contribution is -2.50. The molecule has 2 aromatic carbocycles. The Bertz CT molecular complexity index is 731. The second-order valence-electron chi connectivity index (χ2n) is 5.51. The van der Waals surface area contributed by atoms with Gasteiger partial charge in [0.05, 0.1) is 5.69 Å². The number of urea groups is 1. The lowest BCUT2D eigenvalue weighted by atomic mass is 10.2. The van der Waals surface area contributed by atoms with E-state index in [9.17, 15) is 13.6 Å². The summed E-state index contributed by atoms with van der Waals surface area (Å²) in [5.74, 6) is -1.17. The molecule has 0 radical (unpaired) electrons. The second-order valence-corrected chi connectivity index (χ2v) is 6.42. The van der Waals surface area contributed by atoms with Gasteiger partial charge in [-0.25, -0.2) is 13.6 Å². The van der Waals surface area contributed by atoms with Crippen molar-refractivity contribution in [2.45, 2.75) is 0 Å². The third-order valence-corrected chi connectivity index (χ3v) is 4.44. The zero-order valence-electron chi connectivity index (χ0n) is 12.8. The van der Waals surface area contributed by atoms with Gasteiger partial charge in [0.25, 0.3) is 0 Å². The van der Waals surface area contributed by atoms with E-state index >= 15 is 0 Å². The van der Waals surface area contributed by atoms with Crippen LogP contribution in [-0.2, 0) is 0 Å². The number of hydrogen-bond acceptors (Lipinski definition) is 2. The van der Waals surface area contributed by atoms with Crippen molar-refractivity contribution in [1.82, 2.24) is 4.90 Å². The van der Waals surface area contributed by atoms with Gasteiger partial charge in [-0.1, -0.05) is 15.9 Å². The molecule has 2 aromatic rings. The number of amides is 2. The molecule has 0 aromatic heterocycles. The molecule has 0 bridgehead atoms. The molecule has 0 unspecified atom stereocenters. The van der Waals surface area contributed by atoms with Crippen LogP contribution < -0.4 is 10.2 Å². The number of halogens is 3. The SMILES string of the molecule is O=C(Nc1ccc(Br)cc1)N1CCN(c2ccc(F)cc2F)CC1. The molecule has 1 fully saturated rings. The summed E-state index contributed by atoms with van der Waals surface area (Å²) in [4.78, 5) is 15.8. The zero-order chi connectivity index (χ0) is 17.1. The first-order chi connectivity index (χ1) is 11.5. The average molecular weight is 396 g/mol. The van der Waals surface area contributed by atoms with E-state index in [0.29, 0.717) is 31.9 Å². The molecule has 0 atom stereocenters. The highest BCUT2D eigenvalue weighted by molar-refractivity contribution is 9.10. The van der Waals surface area contributed by atoms with E-state index in [1.165, 1.54) is 12.1 Å². The number of rotatable bonds is 2. The molecule has 1 aliphatic rings. The average Bonchev–Trinajstić information content (AvgIpc) is 2.57. The summed E-state index contributed by atoms with van der Waals surface area (Å²) < 4.78 is 27.8. The van der Waals surface area contributed by atoms with Crippen molar-refractivity contribution < 1.29 is 13.6 Å². The summed E-state index contributed by atoms with van der Waals surface area (Å²) in [7, 11) is 0. The van der Waals surface area contributed by atoms with Crippen LogP contribution in [0.2, 0.25) is 0 Å². The molecule has 1 aliphatic heterocycles. The summed E-state index contributed by atoms with van der Waals surface area (Å²) >= 11 is 3.34. The molecule has 7 heteroatoms. The molecule has 2 amide bonds. The van der Waals surface area contributed by atoms with E-state index < -0.39 is 11.6 Å². The third-order valence-electron chi connectivity index (χ3n) is 3.91. The fraction of sp³-hybridized carbons (Fsp3) is 0.235. The van der Waals surface area contributed by atoms with E-state index in [4.69, 9.17) is 0 Å². The van der Waals surface area contributed by atoms with Gasteiger partial charge in [0.2, 0.25) is 0 Å². The molecule has 0 saturated carbocycles. The minimum absolute atomic E-state index is 0.184. The van der Waals surface area contributed by atoms with E-state index in [-0.39, 0.29) is 6.03 Å². The van der Waals surface area contributed by atoms with Crippen LogP contribution >= 0.6 is 15.9 Å². The van der Waals surface area contributed by atoms with Crippen molar-refractivity contribution in [1.29, 1.82) is 0 Å². The van der Waals surface area contributed by atoms with Crippen molar-refractivity contribution in [3.8, 4) is 0 Å². The highest BCUT2D eigenvalue weighted by atomic mass is 79.9. The molecule has 1 saturated heterocycles.